The van der Waals surface area contributed by atoms with Crippen LogP contribution in [0.4, 0.5) is 13.2 Å². The van der Waals surface area contributed by atoms with Crippen molar-refractivity contribution in [2.24, 2.45) is 0 Å². The van der Waals surface area contributed by atoms with Crippen LogP contribution in [0.2, 0.25) is 0 Å². The van der Waals surface area contributed by atoms with E-state index in [1.807, 2.05) is 30.3 Å². The smallest absolute Gasteiger partial charge is 0.246 e. The molecule has 2 fully saturated rings. The van der Waals surface area contributed by atoms with Crippen LogP contribution >= 0.6 is 0 Å². The Labute approximate surface area is 235 Å². The number of aromatic hydroxyl groups is 1. The van der Waals surface area contributed by atoms with Gasteiger partial charge in [-0.1, -0.05) is 42.5 Å². The third kappa shape index (κ3) is 5.90. The molecule has 5 rings (SSSR count). The van der Waals surface area contributed by atoms with Gasteiger partial charge in [0.1, 0.15) is 18.0 Å². The van der Waals surface area contributed by atoms with Crippen molar-refractivity contribution in [1.82, 2.24) is 19.8 Å². The molecular weight excluding hydrogens is 537 g/mol. The molecule has 3 aromatic carbocycles. The Kier molecular flexibility index (Phi) is 7.98. The number of carbonyl (C=O) groups is 3. The van der Waals surface area contributed by atoms with Gasteiger partial charge in [-0.2, -0.15) is 0 Å². The van der Waals surface area contributed by atoms with Crippen molar-refractivity contribution in [3.8, 4) is 5.75 Å². The van der Waals surface area contributed by atoms with E-state index in [1.165, 1.54) is 32.0 Å². The van der Waals surface area contributed by atoms with E-state index < -0.39 is 35.6 Å². The van der Waals surface area contributed by atoms with E-state index >= 15 is 0 Å². The standard InChI is InChI=1S/C30H29F3N4O4/c1-34-18-28(40)36-25(15-20-7-10-22(38)11-8-20)30(41)35(16-21-13-23(31)29(33)24(32)14-21)17-26(36)37(34)27(39)12-9-19-5-3-2-4-6-19/h2-8,10-11,13-14,25-26,38H,9,12,15-18H2,1H3/t25-,26-/m0/s1. The molecule has 0 aliphatic carbocycles. The van der Waals surface area contributed by atoms with E-state index in [0.29, 0.717) is 12.0 Å². The maximum Gasteiger partial charge on any atom is 0.246 e. The van der Waals surface area contributed by atoms with Crippen molar-refractivity contribution in [3.63, 3.8) is 0 Å². The van der Waals surface area contributed by atoms with Crippen LogP contribution in [0.1, 0.15) is 23.1 Å². The van der Waals surface area contributed by atoms with Crippen molar-refractivity contribution >= 4 is 17.7 Å². The minimum Gasteiger partial charge on any atom is -0.508 e. The third-order valence-electron chi connectivity index (χ3n) is 7.45. The van der Waals surface area contributed by atoms with Gasteiger partial charge in [-0.3, -0.25) is 19.4 Å². The number of benzene rings is 3. The largest absolute Gasteiger partial charge is 0.508 e. The normalized spacial score (nSPS) is 19.5. The first-order chi connectivity index (χ1) is 19.6. The van der Waals surface area contributed by atoms with Gasteiger partial charge in [0.05, 0.1) is 13.1 Å². The predicted octanol–water partition coefficient (Wildman–Crippen LogP) is 3.24. The number of piperazine rings is 1. The lowest BCUT2D eigenvalue weighted by Crippen LogP contribution is -2.75. The van der Waals surface area contributed by atoms with E-state index in [4.69, 9.17) is 0 Å². The van der Waals surface area contributed by atoms with E-state index in [1.54, 1.807) is 19.2 Å². The molecule has 0 bridgehead atoms. The van der Waals surface area contributed by atoms with Crippen LogP contribution in [-0.4, -0.2) is 75.0 Å². The van der Waals surface area contributed by atoms with Gasteiger partial charge in [-0.05, 0) is 47.4 Å². The molecule has 2 aliphatic heterocycles. The Hall–Kier alpha value is -4.38. The van der Waals surface area contributed by atoms with E-state index in [2.05, 4.69) is 0 Å². The highest BCUT2D eigenvalue weighted by Crippen LogP contribution is 2.30. The molecule has 0 saturated carbocycles. The summed E-state index contributed by atoms with van der Waals surface area (Å²) in [5.41, 5.74) is 1.66. The summed E-state index contributed by atoms with van der Waals surface area (Å²) in [6.07, 6.45) is -0.171. The molecule has 2 atom stereocenters. The van der Waals surface area contributed by atoms with Crippen LogP contribution in [0, 0.1) is 17.5 Å². The highest BCUT2D eigenvalue weighted by molar-refractivity contribution is 5.91. The molecule has 2 aliphatic rings. The van der Waals surface area contributed by atoms with Gasteiger partial charge in [-0.15, -0.1) is 0 Å². The zero-order chi connectivity index (χ0) is 29.3. The molecule has 0 radical (unpaired) electrons. The van der Waals surface area contributed by atoms with Crippen molar-refractivity contribution in [3.05, 3.63) is 101 Å². The van der Waals surface area contributed by atoms with Crippen LogP contribution in [0.15, 0.2) is 66.7 Å². The molecule has 2 heterocycles. The summed E-state index contributed by atoms with van der Waals surface area (Å²) in [5, 5.41) is 12.7. The van der Waals surface area contributed by atoms with Crippen LogP contribution < -0.4 is 0 Å². The molecule has 8 nitrogen and oxygen atoms in total. The second kappa shape index (κ2) is 11.6. The molecule has 11 heteroatoms. The number of carbonyl (C=O) groups excluding carboxylic acids is 3. The van der Waals surface area contributed by atoms with Crippen molar-refractivity contribution < 1.29 is 32.7 Å². The maximum atomic E-state index is 14.0. The maximum absolute atomic E-state index is 14.0. The number of hydrazine groups is 1. The average Bonchev–Trinajstić information content (AvgIpc) is 2.94. The van der Waals surface area contributed by atoms with E-state index in [9.17, 15) is 32.7 Å². The number of hydrogen-bond donors (Lipinski definition) is 1. The molecule has 214 valence electrons. The van der Waals surface area contributed by atoms with Crippen LogP contribution in [0.25, 0.3) is 0 Å². The Morgan fingerprint density at radius 2 is 1.59 bits per heavy atom. The van der Waals surface area contributed by atoms with Gasteiger partial charge in [0, 0.05) is 26.4 Å². The molecule has 3 amide bonds. The SMILES string of the molecule is CN1CC(=O)N2[C@@H](Cc3ccc(O)cc3)C(=O)N(Cc3cc(F)c(F)c(F)c3)C[C@@H]2N1C(=O)CCc1ccccc1. The molecule has 1 N–H and O–H groups in total. The molecule has 41 heavy (non-hydrogen) atoms. The number of fused-ring (bicyclic) bond motifs is 1. The van der Waals surface area contributed by atoms with Crippen LogP contribution in [-0.2, 0) is 33.8 Å². The summed E-state index contributed by atoms with van der Waals surface area (Å²) in [6.45, 7) is -0.493. The highest BCUT2D eigenvalue weighted by atomic mass is 19.2. The number of phenolic OH excluding ortho intramolecular Hbond substituents is 1. The quantitative estimate of drug-likeness (QED) is 0.444. The molecule has 3 aromatic rings. The van der Waals surface area contributed by atoms with Gasteiger partial charge >= 0.3 is 0 Å². The first-order valence-corrected chi connectivity index (χ1v) is 13.2. The summed E-state index contributed by atoms with van der Waals surface area (Å²) in [6, 6.07) is 16.3. The molecule has 0 aromatic heterocycles. The predicted molar refractivity (Wildman–Crippen MR) is 142 cm³/mol. The Morgan fingerprint density at radius 3 is 2.24 bits per heavy atom. The summed E-state index contributed by atoms with van der Waals surface area (Å²) in [4.78, 5) is 43.5. The summed E-state index contributed by atoms with van der Waals surface area (Å²) in [5.74, 6) is -5.40. The second-order valence-corrected chi connectivity index (χ2v) is 10.3. The molecular formula is C30H29F3N4O4. The van der Waals surface area contributed by atoms with Crippen molar-refractivity contribution in [1.29, 1.82) is 0 Å². The number of rotatable bonds is 7. The van der Waals surface area contributed by atoms with E-state index in [0.717, 1.165) is 17.7 Å². The summed E-state index contributed by atoms with van der Waals surface area (Å²) >= 11 is 0. The van der Waals surface area contributed by atoms with E-state index in [-0.39, 0.29) is 55.6 Å². The third-order valence-corrected chi connectivity index (χ3v) is 7.45. The van der Waals surface area contributed by atoms with Gasteiger partial charge in [0.15, 0.2) is 17.5 Å². The monoisotopic (exact) mass is 566 g/mol. The van der Waals surface area contributed by atoms with Crippen molar-refractivity contribution in [2.75, 3.05) is 20.1 Å². The summed E-state index contributed by atoms with van der Waals surface area (Å²) in [7, 11) is 1.62. The fourth-order valence-electron chi connectivity index (χ4n) is 5.50. The lowest BCUT2D eigenvalue weighted by Gasteiger charge is -2.54. The van der Waals surface area contributed by atoms with Crippen molar-refractivity contribution in [2.45, 2.75) is 38.0 Å². The number of nitrogens with zero attached hydrogens (tertiary/aromatic N) is 4. The van der Waals surface area contributed by atoms with Crippen LogP contribution in [0.3, 0.4) is 0 Å². The number of hydrogen-bond acceptors (Lipinski definition) is 5. The number of likely N-dealkylation sites (N-methyl/N-ethyl adjacent to an activating group) is 1. The van der Waals surface area contributed by atoms with Crippen LogP contribution in [0.5, 0.6) is 5.75 Å². The molecule has 2 saturated heterocycles. The zero-order valence-electron chi connectivity index (χ0n) is 22.3. The number of halogens is 3. The minimum absolute atomic E-state index is 0.0315. The van der Waals surface area contributed by atoms with Gasteiger partial charge in [-0.25, -0.2) is 18.2 Å². The summed E-state index contributed by atoms with van der Waals surface area (Å²) < 4.78 is 41.6. The van der Waals surface area contributed by atoms with Gasteiger partial charge < -0.3 is 14.9 Å². The molecule has 0 unspecified atom stereocenters. The fraction of sp³-hybridized carbons (Fsp3) is 0.300. The zero-order valence-corrected chi connectivity index (χ0v) is 22.3. The highest BCUT2D eigenvalue weighted by Gasteiger charge is 2.50. The number of aryl methyl sites for hydroxylation is 1. The Bertz CT molecular complexity index is 1430. The number of amides is 3. The van der Waals surface area contributed by atoms with Gasteiger partial charge in [0.2, 0.25) is 17.7 Å². The number of phenols is 1. The average molecular weight is 567 g/mol. The van der Waals surface area contributed by atoms with Gasteiger partial charge in [0.25, 0.3) is 0 Å². The Balaban J connectivity index is 1.47. The topological polar surface area (TPSA) is 84.4 Å². The minimum atomic E-state index is -1.61. The Morgan fingerprint density at radius 1 is 0.927 bits per heavy atom. The lowest BCUT2D eigenvalue weighted by atomic mass is 9.98. The lowest BCUT2D eigenvalue weighted by molar-refractivity contribution is -0.202. The molecule has 0 spiro atoms. The fourth-order valence-corrected chi connectivity index (χ4v) is 5.50. The first-order valence-electron chi connectivity index (χ1n) is 13.2. The first kappa shape index (κ1) is 28.2. The second-order valence-electron chi connectivity index (χ2n) is 10.3.